The SMILES string of the molecule is CCCCCCCCC=CCCCCCCCC(=O)OC(C)(C)CCC. The Morgan fingerprint density at radius 3 is 1.77 bits per heavy atom. The van der Waals surface area contributed by atoms with Gasteiger partial charge in [0.25, 0.3) is 0 Å². The molecule has 154 valence electrons. The number of hydrogen-bond donors (Lipinski definition) is 0. The highest BCUT2D eigenvalue weighted by Crippen LogP contribution is 2.18. The molecule has 0 aliphatic rings. The van der Waals surface area contributed by atoms with Crippen LogP contribution in [0.5, 0.6) is 0 Å². The summed E-state index contributed by atoms with van der Waals surface area (Å²) >= 11 is 0. The number of ether oxygens (including phenoxy) is 1. The molecule has 0 aromatic heterocycles. The Hall–Kier alpha value is -0.790. The molecule has 0 heterocycles. The quantitative estimate of drug-likeness (QED) is 0.139. The van der Waals surface area contributed by atoms with Gasteiger partial charge in [0.15, 0.2) is 0 Å². The maximum Gasteiger partial charge on any atom is 0.306 e. The van der Waals surface area contributed by atoms with E-state index in [2.05, 4.69) is 26.0 Å². The van der Waals surface area contributed by atoms with Gasteiger partial charge in [-0.2, -0.15) is 0 Å². The smallest absolute Gasteiger partial charge is 0.306 e. The third-order valence-electron chi connectivity index (χ3n) is 4.88. The topological polar surface area (TPSA) is 26.3 Å². The van der Waals surface area contributed by atoms with Gasteiger partial charge in [0.1, 0.15) is 5.60 Å². The zero-order valence-corrected chi connectivity index (χ0v) is 18.3. The monoisotopic (exact) mass is 366 g/mol. The van der Waals surface area contributed by atoms with E-state index in [4.69, 9.17) is 4.74 Å². The first-order chi connectivity index (χ1) is 12.5. The molecule has 0 atom stereocenters. The summed E-state index contributed by atoms with van der Waals surface area (Å²) < 4.78 is 5.55. The van der Waals surface area contributed by atoms with E-state index in [1.807, 2.05) is 13.8 Å². The van der Waals surface area contributed by atoms with Crippen molar-refractivity contribution in [3.63, 3.8) is 0 Å². The molecule has 2 heteroatoms. The first-order valence-corrected chi connectivity index (χ1v) is 11.4. The summed E-state index contributed by atoms with van der Waals surface area (Å²) in [6.07, 6.45) is 23.9. The fraction of sp³-hybridized carbons (Fsp3) is 0.875. The second kappa shape index (κ2) is 17.6. The molecule has 26 heavy (non-hydrogen) atoms. The van der Waals surface area contributed by atoms with Crippen LogP contribution in [0.15, 0.2) is 12.2 Å². The number of esters is 1. The van der Waals surface area contributed by atoms with Crippen LogP contribution in [0.4, 0.5) is 0 Å². The molecule has 0 radical (unpaired) electrons. The number of hydrogen-bond acceptors (Lipinski definition) is 2. The minimum absolute atomic E-state index is 0.0268. The van der Waals surface area contributed by atoms with Crippen molar-refractivity contribution in [2.24, 2.45) is 0 Å². The van der Waals surface area contributed by atoms with E-state index >= 15 is 0 Å². The standard InChI is InChI=1S/C24H46O2/c1-5-7-8-9-10-11-12-13-14-15-16-17-18-19-20-21-23(25)26-24(3,4)22-6-2/h13-14H,5-12,15-22H2,1-4H3. The third-order valence-corrected chi connectivity index (χ3v) is 4.88. The molecular weight excluding hydrogens is 320 g/mol. The number of carbonyl (C=O) groups excluding carboxylic acids is 1. The molecule has 2 nitrogen and oxygen atoms in total. The fourth-order valence-electron chi connectivity index (χ4n) is 3.35. The van der Waals surface area contributed by atoms with Crippen LogP contribution in [0, 0.1) is 0 Å². The van der Waals surface area contributed by atoms with Gasteiger partial charge < -0.3 is 4.74 Å². The molecule has 0 rings (SSSR count). The summed E-state index contributed by atoms with van der Waals surface area (Å²) in [5.74, 6) is -0.0268. The summed E-state index contributed by atoms with van der Waals surface area (Å²) in [7, 11) is 0. The number of carbonyl (C=O) groups is 1. The maximum absolute atomic E-state index is 11.8. The molecule has 0 aliphatic heterocycles. The minimum atomic E-state index is -0.298. The molecule has 0 aromatic rings. The van der Waals surface area contributed by atoms with Gasteiger partial charge in [-0.3, -0.25) is 4.79 Å². The Balaban J connectivity index is 3.35. The van der Waals surface area contributed by atoms with Crippen LogP contribution in [-0.4, -0.2) is 11.6 Å². The summed E-state index contributed by atoms with van der Waals surface area (Å²) in [5, 5.41) is 0. The highest BCUT2D eigenvalue weighted by atomic mass is 16.6. The molecule has 0 bridgehead atoms. The Morgan fingerprint density at radius 1 is 0.731 bits per heavy atom. The molecule has 0 N–H and O–H groups in total. The molecule has 0 saturated carbocycles. The average molecular weight is 367 g/mol. The molecule has 0 aromatic carbocycles. The second-order valence-electron chi connectivity index (χ2n) is 8.32. The Morgan fingerprint density at radius 2 is 1.23 bits per heavy atom. The molecule has 0 spiro atoms. The second-order valence-corrected chi connectivity index (χ2v) is 8.32. The van der Waals surface area contributed by atoms with E-state index < -0.39 is 0 Å². The summed E-state index contributed by atoms with van der Waals surface area (Å²) in [6.45, 7) is 8.41. The predicted molar refractivity (Wildman–Crippen MR) is 115 cm³/mol. The molecule has 0 unspecified atom stereocenters. The van der Waals surface area contributed by atoms with E-state index in [9.17, 15) is 4.79 Å². The maximum atomic E-state index is 11.8. The van der Waals surface area contributed by atoms with Gasteiger partial charge in [-0.25, -0.2) is 0 Å². The predicted octanol–water partition coefficient (Wildman–Crippen LogP) is 8.15. The van der Waals surface area contributed by atoms with Crippen LogP contribution in [-0.2, 0) is 9.53 Å². The van der Waals surface area contributed by atoms with Crippen LogP contribution in [0.2, 0.25) is 0 Å². The fourth-order valence-corrected chi connectivity index (χ4v) is 3.35. The van der Waals surface area contributed by atoms with Crippen molar-refractivity contribution in [2.45, 2.75) is 136 Å². The van der Waals surface area contributed by atoms with E-state index in [1.165, 1.54) is 70.6 Å². The lowest BCUT2D eigenvalue weighted by Crippen LogP contribution is -2.27. The summed E-state index contributed by atoms with van der Waals surface area (Å²) in [5.41, 5.74) is -0.298. The van der Waals surface area contributed by atoms with E-state index in [0.717, 1.165) is 25.7 Å². The highest BCUT2D eigenvalue weighted by molar-refractivity contribution is 5.69. The van der Waals surface area contributed by atoms with Gasteiger partial charge in [-0.1, -0.05) is 83.8 Å². The number of unbranched alkanes of at least 4 members (excludes halogenated alkanes) is 11. The zero-order chi connectivity index (χ0) is 19.5. The van der Waals surface area contributed by atoms with E-state index in [0.29, 0.717) is 6.42 Å². The van der Waals surface area contributed by atoms with Gasteiger partial charge in [-0.15, -0.1) is 0 Å². The lowest BCUT2D eigenvalue weighted by molar-refractivity contribution is -0.157. The molecule has 0 amide bonds. The van der Waals surface area contributed by atoms with Crippen molar-refractivity contribution >= 4 is 5.97 Å². The largest absolute Gasteiger partial charge is 0.460 e. The van der Waals surface area contributed by atoms with Crippen LogP contribution in [0.25, 0.3) is 0 Å². The number of rotatable bonds is 18. The van der Waals surface area contributed by atoms with Crippen LogP contribution in [0.3, 0.4) is 0 Å². The Bertz CT molecular complexity index is 344. The minimum Gasteiger partial charge on any atom is -0.460 e. The van der Waals surface area contributed by atoms with Gasteiger partial charge >= 0.3 is 5.97 Å². The third kappa shape index (κ3) is 18.0. The van der Waals surface area contributed by atoms with Crippen LogP contribution in [0.1, 0.15) is 130 Å². The van der Waals surface area contributed by atoms with Gasteiger partial charge in [-0.05, 0) is 52.4 Å². The zero-order valence-electron chi connectivity index (χ0n) is 18.3. The van der Waals surface area contributed by atoms with Crippen LogP contribution < -0.4 is 0 Å². The van der Waals surface area contributed by atoms with E-state index in [1.54, 1.807) is 0 Å². The van der Waals surface area contributed by atoms with Crippen molar-refractivity contribution in [3.05, 3.63) is 12.2 Å². The lowest BCUT2D eigenvalue weighted by Gasteiger charge is -2.24. The first-order valence-electron chi connectivity index (χ1n) is 11.4. The Labute approximate surface area is 164 Å². The summed E-state index contributed by atoms with van der Waals surface area (Å²) in [6, 6.07) is 0. The van der Waals surface area contributed by atoms with Crippen molar-refractivity contribution < 1.29 is 9.53 Å². The first kappa shape index (κ1) is 25.2. The molecule has 0 saturated heterocycles. The van der Waals surface area contributed by atoms with Gasteiger partial charge in [0.2, 0.25) is 0 Å². The summed E-state index contributed by atoms with van der Waals surface area (Å²) in [4.78, 5) is 11.8. The molecular formula is C24H46O2. The van der Waals surface area contributed by atoms with Gasteiger partial charge in [0, 0.05) is 6.42 Å². The van der Waals surface area contributed by atoms with Crippen molar-refractivity contribution in [2.75, 3.05) is 0 Å². The number of allylic oxidation sites excluding steroid dienone is 2. The van der Waals surface area contributed by atoms with Crippen molar-refractivity contribution in [3.8, 4) is 0 Å². The van der Waals surface area contributed by atoms with Crippen molar-refractivity contribution in [1.29, 1.82) is 0 Å². The van der Waals surface area contributed by atoms with Crippen molar-refractivity contribution in [1.82, 2.24) is 0 Å². The lowest BCUT2D eigenvalue weighted by atomic mass is 10.0. The molecule has 0 fully saturated rings. The highest BCUT2D eigenvalue weighted by Gasteiger charge is 2.21. The van der Waals surface area contributed by atoms with Crippen LogP contribution >= 0.6 is 0 Å². The molecule has 0 aliphatic carbocycles. The normalized spacial score (nSPS) is 12.0. The van der Waals surface area contributed by atoms with Gasteiger partial charge in [0.05, 0.1) is 0 Å². The average Bonchev–Trinajstić information content (AvgIpc) is 2.57. The Kier molecular flexibility index (Phi) is 17.1. The van der Waals surface area contributed by atoms with E-state index in [-0.39, 0.29) is 11.6 Å².